The first-order valence-corrected chi connectivity index (χ1v) is 13.1. The molecule has 3 aliphatic heterocycles. The molecule has 0 fully saturated rings. The van der Waals surface area contributed by atoms with Crippen molar-refractivity contribution in [3.63, 3.8) is 0 Å². The molecule has 39 heavy (non-hydrogen) atoms. The Kier molecular flexibility index (Phi) is 4.37. The van der Waals surface area contributed by atoms with Gasteiger partial charge in [0.2, 0.25) is 11.8 Å². The van der Waals surface area contributed by atoms with Gasteiger partial charge in [0.15, 0.2) is 0 Å². The van der Waals surface area contributed by atoms with Gasteiger partial charge in [0, 0.05) is 31.0 Å². The number of carbonyl (C=O) groups is 2. The van der Waals surface area contributed by atoms with Gasteiger partial charge in [-0.3, -0.25) is 23.7 Å². The van der Waals surface area contributed by atoms with Crippen molar-refractivity contribution >= 4 is 45.9 Å². The van der Waals surface area contributed by atoms with Gasteiger partial charge in [-0.05, 0) is 60.2 Å². The summed E-state index contributed by atoms with van der Waals surface area (Å²) in [5.74, 6) is 1.25. The highest BCUT2D eigenvalue weighted by atomic mass is 16.2. The average molecular weight is 520 g/mol. The van der Waals surface area contributed by atoms with Gasteiger partial charge in [-0.25, -0.2) is 9.78 Å². The Labute approximate surface area is 223 Å². The molecule has 0 radical (unpaired) electrons. The zero-order chi connectivity index (χ0) is 26.5. The maximum Gasteiger partial charge on any atom is 0.330 e. The van der Waals surface area contributed by atoms with E-state index >= 15 is 0 Å². The van der Waals surface area contributed by atoms with Crippen LogP contribution in [0.2, 0.25) is 0 Å². The maximum atomic E-state index is 13.4. The summed E-state index contributed by atoms with van der Waals surface area (Å²) in [5, 5.41) is 6.48. The summed E-state index contributed by atoms with van der Waals surface area (Å²) in [4.78, 5) is 49.8. The first-order chi connectivity index (χ1) is 18.9. The van der Waals surface area contributed by atoms with Gasteiger partial charge in [-0.1, -0.05) is 18.2 Å². The Hall–Kier alpha value is -4.73. The molecule has 8 rings (SSSR count). The van der Waals surface area contributed by atoms with Crippen molar-refractivity contribution in [3.05, 3.63) is 81.4 Å². The third kappa shape index (κ3) is 2.99. The van der Waals surface area contributed by atoms with Gasteiger partial charge in [0.1, 0.15) is 18.2 Å². The zero-order valence-corrected chi connectivity index (χ0v) is 21.3. The molecule has 10 heteroatoms. The summed E-state index contributed by atoms with van der Waals surface area (Å²) >= 11 is 0. The largest absolute Gasteiger partial charge is 0.342 e. The topological polar surface area (TPSA) is 114 Å². The number of hydrogen-bond donors (Lipinski definition) is 2. The minimum atomic E-state index is -0.618. The van der Waals surface area contributed by atoms with Crippen LogP contribution in [0.15, 0.2) is 58.4 Å². The highest BCUT2D eigenvalue weighted by Crippen LogP contribution is 2.47. The van der Waals surface area contributed by atoms with E-state index in [0.717, 1.165) is 45.5 Å². The first kappa shape index (κ1) is 22.3. The number of aliphatic imine (C=N–C) groups is 1. The second kappa shape index (κ2) is 7.66. The first-order valence-electron chi connectivity index (χ1n) is 13.1. The van der Waals surface area contributed by atoms with Gasteiger partial charge < -0.3 is 15.5 Å². The molecule has 2 aromatic heterocycles. The molecular formula is C29H25N7O3. The van der Waals surface area contributed by atoms with Crippen molar-refractivity contribution in [2.24, 2.45) is 4.99 Å². The minimum Gasteiger partial charge on any atom is -0.342 e. The van der Waals surface area contributed by atoms with Gasteiger partial charge in [-0.15, -0.1) is 0 Å². The van der Waals surface area contributed by atoms with Gasteiger partial charge in [0.05, 0.1) is 28.7 Å². The molecule has 10 nitrogen and oxygen atoms in total. The summed E-state index contributed by atoms with van der Waals surface area (Å²) in [7, 11) is 1.74. The predicted octanol–water partition coefficient (Wildman–Crippen LogP) is 2.23. The van der Waals surface area contributed by atoms with Crippen molar-refractivity contribution in [2.45, 2.75) is 37.8 Å². The number of hydrogen-bond acceptors (Lipinski definition) is 6. The van der Waals surface area contributed by atoms with E-state index in [-0.39, 0.29) is 30.6 Å². The van der Waals surface area contributed by atoms with E-state index in [0.29, 0.717) is 31.0 Å². The van der Waals surface area contributed by atoms with E-state index < -0.39 is 5.41 Å². The number of aromatic nitrogens is 3. The number of imidazole rings is 1. The molecular weight excluding hydrogens is 494 g/mol. The van der Waals surface area contributed by atoms with E-state index in [1.165, 1.54) is 5.56 Å². The van der Waals surface area contributed by atoms with Crippen molar-refractivity contribution in [3.8, 4) is 0 Å². The van der Waals surface area contributed by atoms with Crippen LogP contribution < -0.4 is 21.2 Å². The van der Waals surface area contributed by atoms with E-state index in [9.17, 15) is 14.4 Å². The second-order valence-electron chi connectivity index (χ2n) is 10.8. The van der Waals surface area contributed by atoms with Crippen LogP contribution in [-0.2, 0) is 47.4 Å². The Balaban J connectivity index is 1.14. The number of nitrogens with one attached hydrogen (secondary N) is 2. The number of anilines is 3. The lowest BCUT2D eigenvalue weighted by molar-refractivity contribution is -0.120. The van der Waals surface area contributed by atoms with E-state index in [1.807, 2.05) is 30.3 Å². The normalized spacial score (nSPS) is 20.8. The molecule has 1 atom stereocenters. The fraction of sp³-hybridized carbons (Fsp3) is 0.276. The van der Waals surface area contributed by atoms with Crippen molar-refractivity contribution < 1.29 is 9.59 Å². The molecule has 1 unspecified atom stereocenters. The second-order valence-corrected chi connectivity index (χ2v) is 10.8. The lowest BCUT2D eigenvalue weighted by atomic mass is 9.79. The Morgan fingerprint density at radius 1 is 1.00 bits per heavy atom. The number of amides is 2. The van der Waals surface area contributed by atoms with Crippen molar-refractivity contribution in [1.82, 2.24) is 14.1 Å². The smallest absolute Gasteiger partial charge is 0.330 e. The van der Waals surface area contributed by atoms with Gasteiger partial charge in [0.25, 0.3) is 0 Å². The number of nitrogens with zero attached hydrogens (tertiary/aromatic N) is 5. The maximum absolute atomic E-state index is 13.4. The van der Waals surface area contributed by atoms with Crippen LogP contribution in [0.5, 0.6) is 0 Å². The monoisotopic (exact) mass is 519 g/mol. The standard InChI is InChI=1S/C29H25N7O3/c1-34-21-5-2-6-22-25(21)36(15-24(34)37)28(39)35(22)14-23-30-9-7-16-10-17-12-29(13-18(17)11-20(16)32-23)19-4-3-8-31-26(19)33-27(29)38/h2-6,8,10-11H,7,9,12-15H2,1H3,(H,30,32)(H,31,33,38). The Morgan fingerprint density at radius 2 is 1.85 bits per heavy atom. The third-order valence-electron chi connectivity index (χ3n) is 8.72. The summed E-state index contributed by atoms with van der Waals surface area (Å²) in [5.41, 5.74) is 6.85. The molecule has 4 aliphatic rings. The van der Waals surface area contributed by atoms with Crippen LogP contribution >= 0.6 is 0 Å². The third-order valence-corrected chi connectivity index (χ3v) is 8.72. The predicted molar refractivity (Wildman–Crippen MR) is 148 cm³/mol. The number of pyridine rings is 1. The molecule has 4 aromatic rings. The van der Waals surface area contributed by atoms with Crippen molar-refractivity contribution in [2.75, 3.05) is 29.1 Å². The molecule has 0 saturated carbocycles. The van der Waals surface area contributed by atoms with E-state index in [4.69, 9.17) is 4.99 Å². The molecule has 2 amide bonds. The SMILES string of the molecule is CN1C(=O)Cn2c(=O)n(CC3=NCCc4cc5c(cc4N3)CC3(C5)C(=O)Nc4ncccc43)c3cccc1c32. The average Bonchev–Trinajstić information content (AvgIpc) is 3.46. The van der Waals surface area contributed by atoms with Gasteiger partial charge >= 0.3 is 5.69 Å². The molecule has 2 aromatic carbocycles. The Bertz CT molecular complexity index is 1870. The summed E-state index contributed by atoms with van der Waals surface area (Å²) in [6.45, 7) is 0.886. The summed E-state index contributed by atoms with van der Waals surface area (Å²) in [6, 6.07) is 13.9. The van der Waals surface area contributed by atoms with Crippen LogP contribution in [0.3, 0.4) is 0 Å². The van der Waals surface area contributed by atoms with Crippen LogP contribution in [0, 0.1) is 0 Å². The molecule has 194 valence electrons. The number of amidine groups is 1. The quantitative estimate of drug-likeness (QED) is 0.422. The van der Waals surface area contributed by atoms with Gasteiger partial charge in [-0.2, -0.15) is 0 Å². The van der Waals surface area contributed by atoms with Crippen LogP contribution in [0.1, 0.15) is 22.3 Å². The highest BCUT2D eigenvalue weighted by Gasteiger charge is 2.51. The zero-order valence-electron chi connectivity index (χ0n) is 21.3. The van der Waals surface area contributed by atoms with Crippen LogP contribution in [-0.4, -0.2) is 45.4 Å². The molecule has 2 N–H and O–H groups in total. The molecule has 0 saturated heterocycles. The fourth-order valence-electron chi connectivity index (χ4n) is 6.75. The lowest BCUT2D eigenvalue weighted by Gasteiger charge is -2.23. The molecule has 0 bridgehead atoms. The lowest BCUT2D eigenvalue weighted by Crippen LogP contribution is -2.38. The number of rotatable bonds is 2. The van der Waals surface area contributed by atoms with Crippen LogP contribution in [0.25, 0.3) is 11.0 Å². The fourth-order valence-corrected chi connectivity index (χ4v) is 6.75. The number of likely N-dealkylation sites (N-methyl/N-ethyl adjacent to an activating group) is 1. The molecule has 1 spiro atoms. The van der Waals surface area contributed by atoms with Crippen LogP contribution in [0.4, 0.5) is 17.2 Å². The summed E-state index contributed by atoms with van der Waals surface area (Å²) < 4.78 is 3.25. The van der Waals surface area contributed by atoms with E-state index in [1.54, 1.807) is 27.3 Å². The minimum absolute atomic E-state index is 0.00873. The van der Waals surface area contributed by atoms with Crippen molar-refractivity contribution in [1.29, 1.82) is 0 Å². The Morgan fingerprint density at radius 3 is 2.72 bits per heavy atom. The number of benzene rings is 2. The molecule has 5 heterocycles. The number of fused-ring (bicyclic) bond motifs is 4. The molecule has 1 aliphatic carbocycles. The number of carbonyl (C=O) groups excluding carboxylic acids is 2. The highest BCUT2D eigenvalue weighted by molar-refractivity contribution is 6.07. The van der Waals surface area contributed by atoms with E-state index in [2.05, 4.69) is 27.8 Å². The number of para-hydroxylation sites is 1. The summed E-state index contributed by atoms with van der Waals surface area (Å²) in [6.07, 6.45) is 3.73.